The van der Waals surface area contributed by atoms with Crippen molar-refractivity contribution in [1.29, 1.82) is 0 Å². The van der Waals surface area contributed by atoms with E-state index in [-0.39, 0.29) is 34.7 Å². The van der Waals surface area contributed by atoms with Gasteiger partial charge >= 0.3 is 0 Å². The van der Waals surface area contributed by atoms with Gasteiger partial charge in [0.15, 0.2) is 23.0 Å². The zero-order chi connectivity index (χ0) is 22.7. The van der Waals surface area contributed by atoms with Crippen LogP contribution in [0.15, 0.2) is 70.4 Å². The fraction of sp³-hybridized carbons (Fsp3) is 0.160. The highest BCUT2D eigenvalue weighted by Crippen LogP contribution is 2.39. The molecule has 0 spiro atoms. The van der Waals surface area contributed by atoms with Crippen LogP contribution in [-0.2, 0) is 4.74 Å². The molecule has 0 aliphatic carbocycles. The molecule has 0 radical (unpaired) electrons. The first-order valence-corrected chi connectivity index (χ1v) is 9.98. The summed E-state index contributed by atoms with van der Waals surface area (Å²) in [4.78, 5) is 12.9. The Kier molecular flexibility index (Phi) is 6.00. The number of hydrogen-bond donors (Lipinski definition) is 2. The summed E-state index contributed by atoms with van der Waals surface area (Å²) in [5.74, 6) is 0.499. The highest BCUT2D eigenvalue weighted by molar-refractivity contribution is 6.09. The Morgan fingerprint density at radius 2 is 1.75 bits per heavy atom. The van der Waals surface area contributed by atoms with Gasteiger partial charge in [-0.3, -0.25) is 4.79 Å². The molecule has 32 heavy (non-hydrogen) atoms. The summed E-state index contributed by atoms with van der Waals surface area (Å²) in [6.07, 6.45) is 5.66. The molecule has 7 heteroatoms. The van der Waals surface area contributed by atoms with Crippen LogP contribution in [0.5, 0.6) is 23.0 Å². The van der Waals surface area contributed by atoms with E-state index in [4.69, 9.17) is 18.6 Å². The summed E-state index contributed by atoms with van der Waals surface area (Å²) in [6.45, 7) is 6.97. The zero-order valence-corrected chi connectivity index (χ0v) is 17.5. The highest BCUT2D eigenvalue weighted by Gasteiger charge is 2.18. The van der Waals surface area contributed by atoms with E-state index in [0.29, 0.717) is 41.1 Å². The van der Waals surface area contributed by atoms with Gasteiger partial charge in [0.05, 0.1) is 24.0 Å². The molecule has 0 atom stereocenters. The van der Waals surface area contributed by atoms with E-state index in [0.717, 1.165) is 5.39 Å². The first kappa shape index (κ1) is 21.3. The Morgan fingerprint density at radius 3 is 2.50 bits per heavy atom. The molecular weight excluding hydrogens is 412 g/mol. The molecule has 5 rings (SSSR count). The van der Waals surface area contributed by atoms with Crippen LogP contribution >= 0.6 is 0 Å². The predicted molar refractivity (Wildman–Crippen MR) is 123 cm³/mol. The summed E-state index contributed by atoms with van der Waals surface area (Å²) in [6, 6.07) is 9.54. The summed E-state index contributed by atoms with van der Waals surface area (Å²) >= 11 is 0. The van der Waals surface area contributed by atoms with E-state index in [9.17, 15) is 15.0 Å². The van der Waals surface area contributed by atoms with E-state index in [1.807, 2.05) is 31.2 Å². The molecule has 1 aromatic heterocycles. The topological polar surface area (TPSA) is 98.4 Å². The van der Waals surface area contributed by atoms with Gasteiger partial charge < -0.3 is 28.8 Å². The number of phenols is 2. The fourth-order valence-corrected chi connectivity index (χ4v) is 3.40. The van der Waals surface area contributed by atoms with Crippen molar-refractivity contribution >= 4 is 32.7 Å². The first-order chi connectivity index (χ1) is 15.5. The van der Waals surface area contributed by atoms with Gasteiger partial charge in [-0.2, -0.15) is 0 Å². The van der Waals surface area contributed by atoms with Crippen LogP contribution in [0.2, 0.25) is 0 Å². The van der Waals surface area contributed by atoms with Gasteiger partial charge in [-0.1, -0.05) is 24.3 Å². The molecule has 3 aromatic carbocycles. The average Bonchev–Trinajstić information content (AvgIpc) is 3.24. The lowest BCUT2D eigenvalue weighted by atomic mass is 10.0. The van der Waals surface area contributed by atoms with Crippen molar-refractivity contribution in [1.82, 2.24) is 0 Å². The van der Waals surface area contributed by atoms with Crippen molar-refractivity contribution < 1.29 is 28.8 Å². The molecule has 0 unspecified atom stereocenters. The van der Waals surface area contributed by atoms with E-state index in [2.05, 4.69) is 6.58 Å². The minimum Gasteiger partial charge on any atom is -0.504 e. The van der Waals surface area contributed by atoms with Crippen molar-refractivity contribution in [2.75, 3.05) is 20.0 Å². The van der Waals surface area contributed by atoms with Crippen molar-refractivity contribution in [2.45, 2.75) is 6.92 Å². The highest BCUT2D eigenvalue weighted by atomic mass is 16.7. The Hall–Kier alpha value is -3.97. The van der Waals surface area contributed by atoms with Gasteiger partial charge in [-0.25, -0.2) is 0 Å². The van der Waals surface area contributed by atoms with Crippen LogP contribution in [0.1, 0.15) is 6.92 Å². The normalized spacial score (nSPS) is 12.4. The summed E-state index contributed by atoms with van der Waals surface area (Å²) in [7, 11) is 0. The molecule has 7 nitrogen and oxygen atoms in total. The van der Waals surface area contributed by atoms with E-state index in [1.54, 1.807) is 18.2 Å². The van der Waals surface area contributed by atoms with E-state index in [1.165, 1.54) is 12.1 Å². The number of ether oxygens (including phenoxy) is 3. The maximum atomic E-state index is 12.9. The minimum absolute atomic E-state index is 0.147. The standard InChI is InChI=1S/C18H10O6.C7H12O/c19-11-4-10-14(6-12(11)20)24-13-2-1-8-3-15-16(23-7-22-15)5-9(8)17(13)18(10)21;1-3-5-7-8-6-4-2/h1-6,19-20H,7H2;3-5H,2,6-7H2,1H3/b;5-3+. The number of hydrogen-bond acceptors (Lipinski definition) is 7. The lowest BCUT2D eigenvalue weighted by Gasteiger charge is -2.07. The largest absolute Gasteiger partial charge is 0.504 e. The number of fused-ring (bicyclic) bond motifs is 5. The molecule has 1 aliphatic heterocycles. The van der Waals surface area contributed by atoms with Crippen LogP contribution in [0.3, 0.4) is 0 Å². The molecule has 4 aromatic rings. The molecule has 2 N–H and O–H groups in total. The molecule has 0 amide bonds. The second-order valence-electron chi connectivity index (χ2n) is 7.03. The van der Waals surface area contributed by atoms with Crippen LogP contribution < -0.4 is 14.9 Å². The molecule has 0 bridgehead atoms. The maximum absolute atomic E-state index is 12.9. The second kappa shape index (κ2) is 9.03. The van der Waals surface area contributed by atoms with Crippen molar-refractivity contribution in [3.63, 3.8) is 0 Å². The number of allylic oxidation sites excluding steroid dienone is 1. The zero-order valence-electron chi connectivity index (χ0n) is 17.5. The fourth-order valence-electron chi connectivity index (χ4n) is 3.40. The smallest absolute Gasteiger partial charge is 0.231 e. The third-order valence-corrected chi connectivity index (χ3v) is 4.93. The molecule has 0 fully saturated rings. The molecule has 1 aliphatic rings. The van der Waals surface area contributed by atoms with Crippen LogP contribution in [0.25, 0.3) is 32.7 Å². The third-order valence-electron chi connectivity index (χ3n) is 4.93. The van der Waals surface area contributed by atoms with Crippen LogP contribution in [-0.4, -0.2) is 30.2 Å². The Labute approximate surface area is 183 Å². The van der Waals surface area contributed by atoms with Crippen molar-refractivity contribution in [3.05, 3.63) is 71.4 Å². The Balaban J connectivity index is 0.000000265. The SMILES string of the molecule is C=CCOC/C=C/C.O=c1c2cc(O)c(O)cc2oc2ccc3cc4c(cc3c12)OCO4. The lowest BCUT2D eigenvalue weighted by Crippen LogP contribution is -2.02. The molecule has 164 valence electrons. The quantitative estimate of drug-likeness (QED) is 0.153. The van der Waals surface area contributed by atoms with Gasteiger partial charge in [-0.05, 0) is 36.6 Å². The van der Waals surface area contributed by atoms with Crippen molar-refractivity contribution in [2.24, 2.45) is 0 Å². The van der Waals surface area contributed by atoms with Gasteiger partial charge in [0.1, 0.15) is 11.2 Å². The first-order valence-electron chi connectivity index (χ1n) is 9.98. The van der Waals surface area contributed by atoms with Gasteiger partial charge in [0.25, 0.3) is 0 Å². The van der Waals surface area contributed by atoms with Crippen molar-refractivity contribution in [3.8, 4) is 23.0 Å². The molecule has 0 saturated heterocycles. The maximum Gasteiger partial charge on any atom is 0.231 e. The van der Waals surface area contributed by atoms with Gasteiger partial charge in [0.2, 0.25) is 12.2 Å². The Bertz CT molecular complexity index is 1400. The monoisotopic (exact) mass is 434 g/mol. The van der Waals surface area contributed by atoms with Gasteiger partial charge in [0, 0.05) is 11.5 Å². The van der Waals surface area contributed by atoms with E-state index < -0.39 is 0 Å². The third kappa shape index (κ3) is 3.98. The van der Waals surface area contributed by atoms with Crippen LogP contribution in [0.4, 0.5) is 0 Å². The Morgan fingerprint density at radius 1 is 1.00 bits per heavy atom. The lowest BCUT2D eigenvalue weighted by molar-refractivity contribution is 0.174. The second-order valence-corrected chi connectivity index (χ2v) is 7.03. The number of benzene rings is 3. The minimum atomic E-state index is -0.369. The number of aromatic hydroxyl groups is 2. The molecular formula is C25H22O7. The van der Waals surface area contributed by atoms with Crippen LogP contribution in [0, 0.1) is 0 Å². The van der Waals surface area contributed by atoms with E-state index >= 15 is 0 Å². The number of phenolic OH excluding ortho intramolecular Hbond substituents is 2. The molecule has 0 saturated carbocycles. The summed E-state index contributed by atoms with van der Waals surface area (Å²) in [5, 5.41) is 21.4. The number of rotatable bonds is 4. The molecule has 2 heterocycles. The summed E-state index contributed by atoms with van der Waals surface area (Å²) in [5.41, 5.74) is 0.317. The summed E-state index contributed by atoms with van der Waals surface area (Å²) < 4.78 is 21.5. The predicted octanol–water partition coefficient (Wildman–Crippen LogP) is 5.00. The average molecular weight is 434 g/mol. The van der Waals surface area contributed by atoms with Gasteiger partial charge in [-0.15, -0.1) is 6.58 Å².